The minimum absolute atomic E-state index is 0.0882. The molecule has 0 heterocycles. The maximum absolute atomic E-state index is 5.84. The molecule has 3 nitrogen and oxygen atoms in total. The zero-order valence-corrected chi connectivity index (χ0v) is 11.9. The molecule has 0 spiro atoms. The molecule has 3 heteroatoms. The molecule has 1 rings (SSSR count). The molecule has 0 amide bonds. The standard InChI is InChI=1S/C14H29N3/c1-5-14(2,17(3)4)13(16-15)12-10-8-6-7-9-11-12/h10,13,16H,5-9,11,15H2,1-4H3. The molecule has 0 radical (unpaired) electrons. The first kappa shape index (κ1) is 14.7. The third-order valence-electron chi connectivity index (χ3n) is 4.47. The van der Waals surface area contributed by atoms with Gasteiger partial charge in [0, 0.05) is 5.54 Å². The van der Waals surface area contributed by atoms with Crippen molar-refractivity contribution in [1.29, 1.82) is 0 Å². The van der Waals surface area contributed by atoms with Crippen molar-refractivity contribution < 1.29 is 0 Å². The lowest BCUT2D eigenvalue weighted by Crippen LogP contribution is -2.59. The van der Waals surface area contributed by atoms with Crippen molar-refractivity contribution in [2.24, 2.45) is 5.84 Å². The molecule has 0 saturated carbocycles. The molecule has 0 saturated heterocycles. The molecule has 17 heavy (non-hydrogen) atoms. The van der Waals surface area contributed by atoms with Crippen LogP contribution >= 0.6 is 0 Å². The van der Waals surface area contributed by atoms with E-state index in [1.807, 2.05) is 0 Å². The summed E-state index contributed by atoms with van der Waals surface area (Å²) in [7, 11) is 4.29. The van der Waals surface area contributed by atoms with Crippen LogP contribution in [0.1, 0.15) is 52.4 Å². The summed E-state index contributed by atoms with van der Waals surface area (Å²) in [5.74, 6) is 5.84. The second-order valence-electron chi connectivity index (χ2n) is 5.58. The maximum atomic E-state index is 5.84. The van der Waals surface area contributed by atoms with Crippen LogP contribution in [0.4, 0.5) is 0 Å². The van der Waals surface area contributed by atoms with Gasteiger partial charge < -0.3 is 4.90 Å². The maximum Gasteiger partial charge on any atom is 0.0600 e. The Labute approximate surface area is 106 Å². The van der Waals surface area contributed by atoms with E-state index in [0.717, 1.165) is 6.42 Å². The summed E-state index contributed by atoms with van der Waals surface area (Å²) in [4.78, 5) is 2.29. The third-order valence-corrected chi connectivity index (χ3v) is 4.47. The Morgan fingerprint density at radius 1 is 1.41 bits per heavy atom. The van der Waals surface area contributed by atoms with Crippen molar-refractivity contribution in [3.8, 4) is 0 Å². The van der Waals surface area contributed by atoms with Crippen LogP contribution in [0.2, 0.25) is 0 Å². The number of hydrogen-bond donors (Lipinski definition) is 2. The average Bonchev–Trinajstić information content (AvgIpc) is 2.58. The average molecular weight is 239 g/mol. The molecule has 0 aromatic rings. The van der Waals surface area contributed by atoms with Crippen LogP contribution in [0.15, 0.2) is 11.6 Å². The highest BCUT2D eigenvalue weighted by Gasteiger charge is 2.36. The Bertz CT molecular complexity index is 260. The molecule has 2 unspecified atom stereocenters. The molecule has 2 atom stereocenters. The quantitative estimate of drug-likeness (QED) is 0.440. The van der Waals surface area contributed by atoms with Crippen molar-refractivity contribution in [2.45, 2.75) is 64.0 Å². The number of rotatable bonds is 5. The van der Waals surface area contributed by atoms with Crippen molar-refractivity contribution in [3.63, 3.8) is 0 Å². The third kappa shape index (κ3) is 3.30. The first-order valence-electron chi connectivity index (χ1n) is 6.88. The van der Waals surface area contributed by atoms with Crippen LogP contribution < -0.4 is 11.3 Å². The van der Waals surface area contributed by atoms with Crippen LogP contribution in [-0.4, -0.2) is 30.6 Å². The number of likely N-dealkylation sites (N-methyl/N-ethyl adjacent to an activating group) is 1. The number of hydrogen-bond acceptors (Lipinski definition) is 3. The zero-order chi connectivity index (χ0) is 12.9. The van der Waals surface area contributed by atoms with Gasteiger partial charge in [-0.15, -0.1) is 0 Å². The van der Waals surface area contributed by atoms with E-state index in [4.69, 9.17) is 5.84 Å². The monoisotopic (exact) mass is 239 g/mol. The Hall–Kier alpha value is -0.380. The predicted octanol–water partition coefficient (Wildman–Crippen LogP) is 2.44. The molecule has 0 aromatic heterocycles. The zero-order valence-electron chi connectivity index (χ0n) is 11.9. The number of nitrogens with zero attached hydrogens (tertiary/aromatic N) is 1. The number of hydrazine groups is 1. The normalized spacial score (nSPS) is 22.8. The lowest BCUT2D eigenvalue weighted by atomic mass is 9.82. The van der Waals surface area contributed by atoms with Crippen LogP contribution in [0.3, 0.4) is 0 Å². The van der Waals surface area contributed by atoms with Crippen molar-refractivity contribution in [3.05, 3.63) is 11.6 Å². The van der Waals surface area contributed by atoms with Crippen LogP contribution in [0.5, 0.6) is 0 Å². The second kappa shape index (κ2) is 6.53. The second-order valence-corrected chi connectivity index (χ2v) is 5.58. The first-order valence-corrected chi connectivity index (χ1v) is 6.88. The van der Waals surface area contributed by atoms with Crippen LogP contribution in [0, 0.1) is 0 Å². The summed E-state index contributed by atoms with van der Waals surface area (Å²) in [6.45, 7) is 4.53. The van der Waals surface area contributed by atoms with E-state index in [2.05, 4.69) is 44.3 Å². The summed E-state index contributed by atoms with van der Waals surface area (Å²) in [5.41, 5.74) is 4.65. The van der Waals surface area contributed by atoms with Crippen LogP contribution in [-0.2, 0) is 0 Å². The lowest BCUT2D eigenvalue weighted by molar-refractivity contribution is 0.126. The fraction of sp³-hybridized carbons (Fsp3) is 0.857. The van der Waals surface area contributed by atoms with Gasteiger partial charge in [0.15, 0.2) is 0 Å². The Balaban J connectivity index is 2.91. The Kier molecular flexibility index (Phi) is 5.63. The highest BCUT2D eigenvalue weighted by Crippen LogP contribution is 2.30. The fourth-order valence-corrected chi connectivity index (χ4v) is 2.77. The van der Waals surface area contributed by atoms with E-state index in [1.54, 1.807) is 0 Å². The van der Waals surface area contributed by atoms with Crippen molar-refractivity contribution in [2.75, 3.05) is 14.1 Å². The summed E-state index contributed by atoms with van der Waals surface area (Å²) in [5, 5.41) is 0. The molecule has 3 N–H and O–H groups in total. The van der Waals surface area contributed by atoms with Gasteiger partial charge in [0.05, 0.1) is 6.04 Å². The lowest BCUT2D eigenvalue weighted by Gasteiger charge is -2.43. The van der Waals surface area contributed by atoms with Gasteiger partial charge in [-0.1, -0.05) is 25.0 Å². The summed E-state index contributed by atoms with van der Waals surface area (Å²) in [6, 6.07) is 0.264. The van der Waals surface area contributed by atoms with E-state index in [-0.39, 0.29) is 11.6 Å². The highest BCUT2D eigenvalue weighted by atomic mass is 15.3. The van der Waals surface area contributed by atoms with Crippen molar-refractivity contribution in [1.82, 2.24) is 10.3 Å². The summed E-state index contributed by atoms with van der Waals surface area (Å²) >= 11 is 0. The predicted molar refractivity (Wildman–Crippen MR) is 74.7 cm³/mol. The summed E-state index contributed by atoms with van der Waals surface area (Å²) < 4.78 is 0. The topological polar surface area (TPSA) is 41.3 Å². The number of allylic oxidation sites excluding steroid dienone is 1. The van der Waals surface area contributed by atoms with Gasteiger partial charge in [-0.25, -0.2) is 0 Å². The largest absolute Gasteiger partial charge is 0.302 e. The Morgan fingerprint density at radius 3 is 2.65 bits per heavy atom. The SMILES string of the molecule is CCC(C)(C(NN)C1=CCCCCC1)N(C)C. The molecule has 0 fully saturated rings. The molecule has 0 aromatic carbocycles. The van der Waals surface area contributed by atoms with E-state index in [0.29, 0.717) is 0 Å². The molecule has 0 bridgehead atoms. The molecule has 100 valence electrons. The van der Waals surface area contributed by atoms with Gasteiger partial charge in [0.25, 0.3) is 0 Å². The number of nitrogens with two attached hydrogens (primary N) is 1. The van der Waals surface area contributed by atoms with E-state index in [1.165, 1.54) is 37.7 Å². The molecular weight excluding hydrogens is 210 g/mol. The molecule has 1 aliphatic rings. The molecule has 1 aliphatic carbocycles. The van der Waals surface area contributed by atoms with Crippen molar-refractivity contribution >= 4 is 0 Å². The Morgan fingerprint density at radius 2 is 2.12 bits per heavy atom. The van der Waals surface area contributed by atoms with Gasteiger partial charge in [-0.2, -0.15) is 0 Å². The fourth-order valence-electron chi connectivity index (χ4n) is 2.77. The first-order chi connectivity index (χ1) is 8.06. The number of nitrogens with one attached hydrogen (secondary N) is 1. The van der Waals surface area contributed by atoms with Crippen LogP contribution in [0.25, 0.3) is 0 Å². The molecule has 0 aliphatic heterocycles. The van der Waals surface area contributed by atoms with Gasteiger partial charge in [-0.3, -0.25) is 11.3 Å². The van der Waals surface area contributed by atoms with Gasteiger partial charge in [-0.05, 0) is 53.1 Å². The minimum atomic E-state index is 0.0882. The van der Waals surface area contributed by atoms with E-state index >= 15 is 0 Å². The van der Waals surface area contributed by atoms with E-state index < -0.39 is 0 Å². The van der Waals surface area contributed by atoms with E-state index in [9.17, 15) is 0 Å². The van der Waals surface area contributed by atoms with Gasteiger partial charge >= 0.3 is 0 Å². The van der Waals surface area contributed by atoms with Gasteiger partial charge in [0.1, 0.15) is 0 Å². The smallest absolute Gasteiger partial charge is 0.0600 e. The highest BCUT2D eigenvalue weighted by molar-refractivity contribution is 5.19. The minimum Gasteiger partial charge on any atom is -0.302 e. The molecular formula is C14H29N3. The van der Waals surface area contributed by atoms with Gasteiger partial charge in [0.2, 0.25) is 0 Å². The summed E-state index contributed by atoms with van der Waals surface area (Å²) in [6.07, 6.45) is 9.88.